The second-order valence-corrected chi connectivity index (χ2v) is 7.89. The Hall–Kier alpha value is -2.95. The molecule has 0 amide bonds. The van der Waals surface area contributed by atoms with Crippen LogP contribution in [0.4, 0.5) is 13.2 Å². The molecule has 0 saturated carbocycles. The predicted molar refractivity (Wildman–Crippen MR) is 112 cm³/mol. The molecule has 0 aliphatic carbocycles. The first-order chi connectivity index (χ1) is 14.8. The van der Waals surface area contributed by atoms with Gasteiger partial charge in [-0.25, -0.2) is 0 Å². The summed E-state index contributed by atoms with van der Waals surface area (Å²) in [5, 5.41) is 9.37. The lowest BCUT2D eigenvalue weighted by atomic mass is 10.1. The number of hydrogen-bond acceptors (Lipinski definition) is 5. The van der Waals surface area contributed by atoms with Crippen LogP contribution in [0.5, 0.6) is 0 Å². The highest BCUT2D eigenvalue weighted by Crippen LogP contribution is 2.30. The molecule has 162 valence electrons. The smallest absolute Gasteiger partial charge is 0.362 e. The molecule has 2 N–H and O–H groups in total. The van der Waals surface area contributed by atoms with E-state index < -0.39 is 11.7 Å². The zero-order valence-corrected chi connectivity index (χ0v) is 17.3. The number of aromatic nitrogens is 3. The first-order valence-corrected chi connectivity index (χ1v) is 10.3. The fraction of sp³-hybridized carbons (Fsp3) is 0.238. The number of hydrogen-bond donors (Lipinski definition) is 2. The van der Waals surface area contributed by atoms with E-state index in [0.29, 0.717) is 23.4 Å². The van der Waals surface area contributed by atoms with Crippen LogP contribution in [0.3, 0.4) is 0 Å². The molecule has 0 bridgehead atoms. The Morgan fingerprint density at radius 2 is 2.00 bits per heavy atom. The third-order valence-corrected chi connectivity index (χ3v) is 5.57. The Bertz CT molecular complexity index is 1230. The number of aromatic amines is 1. The first-order valence-electron chi connectivity index (χ1n) is 9.43. The molecule has 3 heterocycles. The maximum Gasteiger partial charge on any atom is 0.416 e. The zero-order valence-electron chi connectivity index (χ0n) is 16.5. The van der Waals surface area contributed by atoms with E-state index in [1.807, 2.05) is 24.4 Å². The molecule has 0 atom stereocenters. The van der Waals surface area contributed by atoms with Crippen molar-refractivity contribution in [2.75, 3.05) is 6.73 Å². The highest BCUT2D eigenvalue weighted by atomic mass is 32.1. The Balaban J connectivity index is 1.37. The van der Waals surface area contributed by atoms with Gasteiger partial charge in [0.05, 0.1) is 30.2 Å². The minimum Gasteiger partial charge on any atom is -0.362 e. The number of H-pyrrole nitrogens is 1. The van der Waals surface area contributed by atoms with Crippen LogP contribution in [0.15, 0.2) is 52.6 Å². The van der Waals surface area contributed by atoms with Crippen LogP contribution < -0.4 is 10.9 Å². The molecular weight excluding hydrogens is 429 g/mol. The summed E-state index contributed by atoms with van der Waals surface area (Å²) in [4.78, 5) is 16.7. The Kier molecular flexibility index (Phi) is 5.94. The standard InChI is InChI=1S/C21H19F3N4O2S/c1-13-19(17-3-2-8-31-17)20-26-16(9-18(29)28(20)27-13)10-25-12-30-11-14-4-6-15(7-5-14)21(22,23)24/h2-9,25-26H,10-12H2,1H3. The number of benzene rings is 1. The van der Waals surface area contributed by atoms with Crippen molar-refractivity contribution >= 4 is 17.0 Å². The number of fused-ring (bicyclic) bond motifs is 1. The summed E-state index contributed by atoms with van der Waals surface area (Å²) < 4.78 is 44.6. The lowest BCUT2D eigenvalue weighted by molar-refractivity contribution is -0.137. The molecular formula is C21H19F3N4O2S. The average molecular weight is 448 g/mol. The first kappa shape index (κ1) is 21.3. The van der Waals surface area contributed by atoms with Gasteiger partial charge in [-0.2, -0.15) is 22.8 Å². The molecule has 0 radical (unpaired) electrons. The van der Waals surface area contributed by atoms with Crippen molar-refractivity contribution in [3.8, 4) is 10.4 Å². The summed E-state index contributed by atoms with van der Waals surface area (Å²) >= 11 is 1.57. The topological polar surface area (TPSA) is 71.4 Å². The van der Waals surface area contributed by atoms with Gasteiger partial charge in [0.25, 0.3) is 5.56 Å². The van der Waals surface area contributed by atoms with Crippen molar-refractivity contribution in [1.82, 2.24) is 19.9 Å². The van der Waals surface area contributed by atoms with Crippen LogP contribution in [-0.2, 0) is 24.1 Å². The molecule has 4 rings (SSSR count). The van der Waals surface area contributed by atoms with Gasteiger partial charge in [0.15, 0.2) is 0 Å². The minimum atomic E-state index is -4.35. The third-order valence-electron chi connectivity index (χ3n) is 4.68. The summed E-state index contributed by atoms with van der Waals surface area (Å²) in [5.74, 6) is 0. The molecule has 0 aliphatic heterocycles. The van der Waals surface area contributed by atoms with E-state index in [2.05, 4.69) is 15.4 Å². The van der Waals surface area contributed by atoms with Crippen molar-refractivity contribution in [3.05, 3.63) is 80.7 Å². The summed E-state index contributed by atoms with van der Waals surface area (Å²) in [6.45, 7) is 2.56. The van der Waals surface area contributed by atoms with Gasteiger partial charge in [-0.05, 0) is 36.1 Å². The molecule has 10 heteroatoms. The number of rotatable bonds is 7. The molecule has 0 fully saturated rings. The van der Waals surface area contributed by atoms with Gasteiger partial charge in [-0.3, -0.25) is 10.1 Å². The average Bonchev–Trinajstić information content (AvgIpc) is 3.35. The van der Waals surface area contributed by atoms with E-state index in [9.17, 15) is 18.0 Å². The predicted octanol–water partition coefficient (Wildman–Crippen LogP) is 4.34. The number of aryl methyl sites for hydroxylation is 1. The number of alkyl halides is 3. The molecule has 0 saturated heterocycles. The highest BCUT2D eigenvalue weighted by Gasteiger charge is 2.29. The van der Waals surface area contributed by atoms with E-state index in [-0.39, 0.29) is 18.9 Å². The van der Waals surface area contributed by atoms with Crippen molar-refractivity contribution in [1.29, 1.82) is 0 Å². The van der Waals surface area contributed by atoms with Crippen LogP contribution in [-0.4, -0.2) is 21.3 Å². The summed E-state index contributed by atoms with van der Waals surface area (Å²) in [6, 6.07) is 10.2. The zero-order chi connectivity index (χ0) is 22.0. The lowest BCUT2D eigenvalue weighted by Crippen LogP contribution is -2.22. The molecule has 0 aliphatic rings. The van der Waals surface area contributed by atoms with Gasteiger partial charge in [0, 0.05) is 23.2 Å². The fourth-order valence-electron chi connectivity index (χ4n) is 3.23. The number of nitrogens with zero attached hydrogens (tertiary/aromatic N) is 2. The number of halogens is 3. The van der Waals surface area contributed by atoms with Crippen molar-refractivity contribution in [3.63, 3.8) is 0 Å². The summed E-state index contributed by atoms with van der Waals surface area (Å²) in [7, 11) is 0. The molecule has 0 unspecified atom stereocenters. The van der Waals surface area contributed by atoms with Crippen LogP contribution in [0.2, 0.25) is 0 Å². The number of thiophene rings is 1. The van der Waals surface area contributed by atoms with Crippen molar-refractivity contribution in [2.45, 2.75) is 26.3 Å². The van der Waals surface area contributed by atoms with Crippen LogP contribution >= 0.6 is 11.3 Å². The normalized spacial score (nSPS) is 12.0. The molecule has 1 aromatic carbocycles. The second kappa shape index (κ2) is 8.66. The molecule has 4 aromatic rings. The van der Waals surface area contributed by atoms with Gasteiger partial charge in [0.2, 0.25) is 0 Å². The van der Waals surface area contributed by atoms with Crippen molar-refractivity contribution in [2.24, 2.45) is 0 Å². The highest BCUT2D eigenvalue weighted by molar-refractivity contribution is 7.13. The van der Waals surface area contributed by atoms with Gasteiger partial charge in [-0.1, -0.05) is 18.2 Å². The monoisotopic (exact) mass is 448 g/mol. The van der Waals surface area contributed by atoms with E-state index in [1.165, 1.54) is 22.7 Å². The Morgan fingerprint density at radius 1 is 1.23 bits per heavy atom. The van der Waals surface area contributed by atoms with E-state index in [1.54, 1.807) is 11.3 Å². The van der Waals surface area contributed by atoms with Crippen LogP contribution in [0.1, 0.15) is 22.5 Å². The van der Waals surface area contributed by atoms with Crippen molar-refractivity contribution < 1.29 is 17.9 Å². The SMILES string of the molecule is Cc1nn2c(=O)cc(CNCOCc3ccc(C(F)(F)F)cc3)[nH]c2c1-c1cccs1. The van der Waals surface area contributed by atoms with Crippen LogP contribution in [0, 0.1) is 6.92 Å². The third kappa shape index (κ3) is 4.71. The van der Waals surface area contributed by atoms with E-state index in [0.717, 1.165) is 28.3 Å². The largest absolute Gasteiger partial charge is 0.416 e. The van der Waals surface area contributed by atoms with Gasteiger partial charge in [0.1, 0.15) is 5.65 Å². The van der Waals surface area contributed by atoms with E-state index >= 15 is 0 Å². The molecule has 3 aromatic heterocycles. The minimum absolute atomic E-state index is 0.171. The molecule has 0 spiro atoms. The number of nitrogens with one attached hydrogen (secondary N) is 2. The maximum absolute atomic E-state index is 12.6. The Labute approximate surface area is 179 Å². The summed E-state index contributed by atoms with van der Waals surface area (Å²) in [5.41, 5.74) is 2.68. The fourth-order valence-corrected chi connectivity index (χ4v) is 4.05. The van der Waals surface area contributed by atoms with Crippen LogP contribution in [0.25, 0.3) is 16.1 Å². The quantitative estimate of drug-likeness (QED) is 0.326. The summed E-state index contributed by atoms with van der Waals surface area (Å²) in [6.07, 6.45) is -4.35. The van der Waals surface area contributed by atoms with E-state index in [4.69, 9.17) is 4.74 Å². The van der Waals surface area contributed by atoms with Gasteiger partial charge < -0.3 is 9.72 Å². The number of ether oxygens (including phenoxy) is 1. The molecule has 6 nitrogen and oxygen atoms in total. The second-order valence-electron chi connectivity index (χ2n) is 6.95. The molecule has 31 heavy (non-hydrogen) atoms. The van der Waals surface area contributed by atoms with Gasteiger partial charge in [-0.15, -0.1) is 11.3 Å². The maximum atomic E-state index is 12.6. The van der Waals surface area contributed by atoms with Gasteiger partial charge >= 0.3 is 6.18 Å². The lowest BCUT2D eigenvalue weighted by Gasteiger charge is -2.09. The Morgan fingerprint density at radius 3 is 2.68 bits per heavy atom.